The van der Waals surface area contributed by atoms with E-state index in [1.54, 1.807) is 16.2 Å². The molecule has 0 unspecified atom stereocenters. The third-order valence-electron chi connectivity index (χ3n) is 3.09. The van der Waals surface area contributed by atoms with Crippen LogP contribution in [0.3, 0.4) is 0 Å². The Hall–Kier alpha value is -1.61. The highest BCUT2D eigenvalue weighted by Gasteiger charge is 2.20. The minimum absolute atomic E-state index is 0.219. The molecule has 2 aromatic rings. The Labute approximate surface area is 136 Å². The quantitative estimate of drug-likeness (QED) is 0.565. The average molecular weight is 340 g/mol. The van der Waals surface area contributed by atoms with Gasteiger partial charge in [0.2, 0.25) is 5.89 Å². The predicted octanol–water partition coefficient (Wildman–Crippen LogP) is 2.36. The number of aryl methyl sites for hydroxylation is 1. The van der Waals surface area contributed by atoms with Crippen LogP contribution in [0.5, 0.6) is 0 Å². The van der Waals surface area contributed by atoms with Gasteiger partial charge < -0.3 is 14.1 Å². The second kappa shape index (κ2) is 7.10. The molecule has 0 radical (unpaired) electrons. The number of amides is 1. The molecule has 7 nitrogen and oxygen atoms in total. The van der Waals surface area contributed by atoms with Crippen LogP contribution in [0.25, 0.3) is 0 Å². The highest BCUT2D eigenvalue weighted by molar-refractivity contribution is 7.99. The summed E-state index contributed by atoms with van der Waals surface area (Å²) in [6.07, 6.45) is 1.21. The Morgan fingerprint density at radius 1 is 1.45 bits per heavy atom. The van der Waals surface area contributed by atoms with Crippen molar-refractivity contribution in [3.63, 3.8) is 0 Å². The van der Waals surface area contributed by atoms with Gasteiger partial charge in [0.15, 0.2) is 0 Å². The number of hydrogen-bond donors (Lipinski definition) is 0. The molecule has 0 spiro atoms. The molecule has 1 amide bonds. The predicted molar refractivity (Wildman–Crippen MR) is 82.2 cm³/mol. The smallest absolute Gasteiger partial charge is 0.409 e. The van der Waals surface area contributed by atoms with Gasteiger partial charge in [-0.2, -0.15) is 0 Å². The zero-order chi connectivity index (χ0) is 15.4. The third-order valence-corrected chi connectivity index (χ3v) is 4.82. The summed E-state index contributed by atoms with van der Waals surface area (Å²) in [5, 5.41) is 11.6. The van der Waals surface area contributed by atoms with Crippen LogP contribution in [0, 0.1) is 6.92 Å². The van der Waals surface area contributed by atoms with Gasteiger partial charge in [-0.05, 0) is 13.3 Å². The first-order valence-corrected chi connectivity index (χ1v) is 8.85. The average Bonchev–Trinajstić information content (AvgIpc) is 3.19. The summed E-state index contributed by atoms with van der Waals surface area (Å²) in [6, 6.07) is 0. The SMILES string of the molecule is Cc1nc(Cc2nnc(SCCCN3CCOC3=O)o2)cs1. The highest BCUT2D eigenvalue weighted by atomic mass is 32.2. The number of rotatable bonds is 7. The Balaban J connectivity index is 1.41. The second-order valence-corrected chi connectivity index (χ2v) is 6.91. The number of carbonyl (C=O) groups is 1. The summed E-state index contributed by atoms with van der Waals surface area (Å²) in [5.74, 6) is 1.40. The van der Waals surface area contributed by atoms with Gasteiger partial charge in [-0.1, -0.05) is 11.8 Å². The molecule has 1 saturated heterocycles. The monoisotopic (exact) mass is 340 g/mol. The molecule has 3 rings (SSSR count). The lowest BCUT2D eigenvalue weighted by Crippen LogP contribution is -2.25. The summed E-state index contributed by atoms with van der Waals surface area (Å²) < 4.78 is 10.5. The fraction of sp³-hybridized carbons (Fsp3) is 0.538. The molecule has 0 saturated carbocycles. The van der Waals surface area contributed by atoms with Gasteiger partial charge >= 0.3 is 6.09 Å². The number of hydrogen-bond acceptors (Lipinski definition) is 8. The van der Waals surface area contributed by atoms with E-state index in [1.807, 2.05) is 12.3 Å². The zero-order valence-electron chi connectivity index (χ0n) is 12.2. The lowest BCUT2D eigenvalue weighted by Gasteiger charge is -2.10. The van der Waals surface area contributed by atoms with Crippen molar-refractivity contribution in [1.82, 2.24) is 20.1 Å². The van der Waals surface area contributed by atoms with Gasteiger partial charge in [-0.25, -0.2) is 9.78 Å². The van der Waals surface area contributed by atoms with Gasteiger partial charge in [0, 0.05) is 17.7 Å². The van der Waals surface area contributed by atoms with E-state index in [9.17, 15) is 4.79 Å². The molecule has 1 aliphatic rings. The summed E-state index contributed by atoms with van der Waals surface area (Å²) >= 11 is 3.12. The molecule has 118 valence electrons. The van der Waals surface area contributed by atoms with Gasteiger partial charge in [-0.15, -0.1) is 21.5 Å². The molecule has 1 aliphatic heterocycles. The molecule has 0 aliphatic carbocycles. The van der Waals surface area contributed by atoms with Crippen LogP contribution in [0.15, 0.2) is 15.0 Å². The highest BCUT2D eigenvalue weighted by Crippen LogP contribution is 2.19. The largest absolute Gasteiger partial charge is 0.448 e. The first-order chi connectivity index (χ1) is 10.7. The van der Waals surface area contributed by atoms with Crippen LogP contribution in [0.1, 0.15) is 23.0 Å². The normalized spacial score (nSPS) is 14.6. The number of nitrogens with zero attached hydrogens (tertiary/aromatic N) is 4. The van der Waals surface area contributed by atoms with E-state index < -0.39 is 0 Å². The van der Waals surface area contributed by atoms with Crippen molar-refractivity contribution in [1.29, 1.82) is 0 Å². The Morgan fingerprint density at radius 3 is 3.09 bits per heavy atom. The summed E-state index contributed by atoms with van der Waals surface area (Å²) in [5.41, 5.74) is 0.954. The zero-order valence-corrected chi connectivity index (χ0v) is 13.8. The molecule has 1 fully saturated rings. The van der Waals surface area contributed by atoms with Gasteiger partial charge in [0.1, 0.15) is 6.61 Å². The van der Waals surface area contributed by atoms with Crippen molar-refractivity contribution in [2.75, 3.05) is 25.4 Å². The van der Waals surface area contributed by atoms with Crippen molar-refractivity contribution in [2.45, 2.75) is 25.0 Å². The van der Waals surface area contributed by atoms with Crippen molar-refractivity contribution in [3.05, 3.63) is 22.0 Å². The second-order valence-electron chi connectivity index (χ2n) is 4.80. The van der Waals surface area contributed by atoms with E-state index in [4.69, 9.17) is 9.15 Å². The number of cyclic esters (lactones) is 1. The van der Waals surface area contributed by atoms with Crippen LogP contribution < -0.4 is 0 Å². The maximum atomic E-state index is 11.3. The van der Waals surface area contributed by atoms with Crippen molar-refractivity contribution < 1.29 is 13.9 Å². The number of thiazole rings is 1. The molecular formula is C13H16N4O3S2. The van der Waals surface area contributed by atoms with Gasteiger partial charge in [0.05, 0.1) is 23.7 Å². The minimum atomic E-state index is -0.219. The standard InChI is InChI=1S/C13H16N4O3S2/c1-9-14-10(8-22-9)7-11-15-16-12(20-11)21-6-2-3-17-4-5-19-13(17)18/h8H,2-7H2,1H3. The van der Waals surface area contributed by atoms with Gasteiger partial charge in [0.25, 0.3) is 5.22 Å². The van der Waals surface area contributed by atoms with E-state index in [1.165, 1.54) is 11.8 Å². The first-order valence-electron chi connectivity index (χ1n) is 6.98. The Kier molecular flexibility index (Phi) is 4.94. The summed E-state index contributed by atoms with van der Waals surface area (Å²) in [6.45, 7) is 3.85. The maximum absolute atomic E-state index is 11.3. The fourth-order valence-corrected chi connectivity index (χ4v) is 3.37. The number of carbonyl (C=O) groups excluding carboxylic acids is 1. The van der Waals surface area contributed by atoms with Crippen LogP contribution in [0.4, 0.5) is 4.79 Å². The first kappa shape index (κ1) is 15.3. The number of aromatic nitrogens is 3. The van der Waals surface area contributed by atoms with E-state index in [-0.39, 0.29) is 6.09 Å². The van der Waals surface area contributed by atoms with Crippen molar-refractivity contribution in [2.24, 2.45) is 0 Å². The molecule has 22 heavy (non-hydrogen) atoms. The number of ether oxygens (including phenoxy) is 1. The molecule has 0 atom stereocenters. The van der Waals surface area contributed by atoms with Crippen LogP contribution >= 0.6 is 23.1 Å². The molecule has 2 aromatic heterocycles. The van der Waals surface area contributed by atoms with Crippen LogP contribution in [-0.4, -0.2) is 51.6 Å². The Bertz CT molecular complexity index is 643. The molecule has 0 N–H and O–H groups in total. The molecule has 0 bridgehead atoms. The minimum Gasteiger partial charge on any atom is -0.448 e. The summed E-state index contributed by atoms with van der Waals surface area (Å²) in [4.78, 5) is 17.4. The van der Waals surface area contributed by atoms with Crippen molar-refractivity contribution >= 4 is 29.2 Å². The number of thioether (sulfide) groups is 1. The molecular weight excluding hydrogens is 324 g/mol. The van der Waals surface area contributed by atoms with Crippen LogP contribution in [0.2, 0.25) is 0 Å². The fourth-order valence-electron chi connectivity index (χ4n) is 2.06. The van der Waals surface area contributed by atoms with Gasteiger partial charge in [-0.3, -0.25) is 0 Å². The maximum Gasteiger partial charge on any atom is 0.409 e. The van der Waals surface area contributed by atoms with E-state index in [0.717, 1.165) is 22.9 Å². The third kappa shape index (κ3) is 3.98. The van der Waals surface area contributed by atoms with E-state index in [2.05, 4.69) is 15.2 Å². The molecule has 3 heterocycles. The molecule has 9 heteroatoms. The lowest BCUT2D eigenvalue weighted by atomic mass is 10.3. The topological polar surface area (TPSA) is 81.4 Å². The molecule has 0 aromatic carbocycles. The van der Waals surface area contributed by atoms with Crippen molar-refractivity contribution in [3.8, 4) is 0 Å². The lowest BCUT2D eigenvalue weighted by molar-refractivity contribution is 0.158. The van der Waals surface area contributed by atoms with E-state index >= 15 is 0 Å². The Morgan fingerprint density at radius 2 is 2.36 bits per heavy atom. The summed E-state index contributed by atoms with van der Waals surface area (Å²) in [7, 11) is 0. The van der Waals surface area contributed by atoms with Crippen LogP contribution in [-0.2, 0) is 11.2 Å². The van der Waals surface area contributed by atoms with E-state index in [0.29, 0.717) is 37.2 Å².